The van der Waals surface area contributed by atoms with Gasteiger partial charge in [-0.25, -0.2) is 4.79 Å². The molecule has 1 aliphatic rings. The molecule has 0 bridgehead atoms. The van der Waals surface area contributed by atoms with E-state index in [4.69, 9.17) is 10.1 Å². The second kappa shape index (κ2) is 8.01. The predicted octanol–water partition coefficient (Wildman–Crippen LogP) is 3.24. The number of para-hydroxylation sites is 1. The van der Waals surface area contributed by atoms with E-state index >= 15 is 0 Å². The summed E-state index contributed by atoms with van der Waals surface area (Å²) in [5, 5.41) is 12.9. The van der Waals surface area contributed by atoms with E-state index in [-0.39, 0.29) is 11.5 Å². The lowest BCUT2D eigenvalue weighted by Gasteiger charge is -2.29. The highest BCUT2D eigenvalue weighted by Gasteiger charge is 2.25. The smallest absolute Gasteiger partial charge is 0.335 e. The van der Waals surface area contributed by atoms with Crippen molar-refractivity contribution >= 4 is 22.8 Å². The Labute approximate surface area is 169 Å². The van der Waals surface area contributed by atoms with Gasteiger partial charge in [0.25, 0.3) is 5.91 Å². The average Bonchev–Trinajstić information content (AvgIpc) is 2.75. The highest BCUT2D eigenvalue weighted by atomic mass is 16.4. The standard InChI is InChI=1S/C23H23N3O3/c1-2-26-12-11-20-18(14-26)21(17-5-3-4-6-19(17)25-20)22(27)24-13-15-7-9-16(10-8-15)23(28)29/h3-10H,2,11-14H2,1H3,(H,24,27)(H,28,29). The molecule has 2 heterocycles. The lowest BCUT2D eigenvalue weighted by atomic mass is 9.95. The van der Waals surface area contributed by atoms with Gasteiger partial charge in [0.1, 0.15) is 0 Å². The summed E-state index contributed by atoms with van der Waals surface area (Å²) in [7, 11) is 0. The third kappa shape index (κ3) is 3.84. The summed E-state index contributed by atoms with van der Waals surface area (Å²) < 4.78 is 0. The number of hydrogen-bond acceptors (Lipinski definition) is 4. The minimum atomic E-state index is -0.962. The number of amides is 1. The Balaban J connectivity index is 1.65. The Morgan fingerprint density at radius 1 is 1.14 bits per heavy atom. The number of aromatic nitrogens is 1. The molecule has 1 amide bonds. The molecule has 6 nitrogen and oxygen atoms in total. The summed E-state index contributed by atoms with van der Waals surface area (Å²) in [6.45, 7) is 5.07. The van der Waals surface area contributed by atoms with E-state index in [0.717, 1.165) is 53.8 Å². The lowest BCUT2D eigenvalue weighted by Crippen LogP contribution is -2.34. The average molecular weight is 389 g/mol. The molecular weight excluding hydrogens is 366 g/mol. The minimum Gasteiger partial charge on any atom is -0.478 e. The second-order valence-corrected chi connectivity index (χ2v) is 7.23. The van der Waals surface area contributed by atoms with Crippen molar-refractivity contribution in [2.45, 2.75) is 26.4 Å². The van der Waals surface area contributed by atoms with E-state index in [1.165, 1.54) is 0 Å². The van der Waals surface area contributed by atoms with Crippen molar-refractivity contribution in [1.82, 2.24) is 15.2 Å². The first kappa shape index (κ1) is 19.1. The molecule has 0 saturated carbocycles. The Bertz CT molecular complexity index is 1080. The topological polar surface area (TPSA) is 82.5 Å². The van der Waals surface area contributed by atoms with Crippen molar-refractivity contribution in [1.29, 1.82) is 0 Å². The summed E-state index contributed by atoms with van der Waals surface area (Å²) in [5.41, 5.74) is 4.64. The molecule has 0 unspecified atom stereocenters. The molecule has 4 rings (SSSR count). The van der Waals surface area contributed by atoms with Crippen LogP contribution in [0.4, 0.5) is 0 Å². The van der Waals surface area contributed by atoms with Gasteiger partial charge >= 0.3 is 5.97 Å². The number of pyridine rings is 1. The minimum absolute atomic E-state index is 0.125. The van der Waals surface area contributed by atoms with Crippen LogP contribution < -0.4 is 5.32 Å². The van der Waals surface area contributed by atoms with Crippen LogP contribution in [0.3, 0.4) is 0 Å². The molecule has 0 fully saturated rings. The van der Waals surface area contributed by atoms with Crippen molar-refractivity contribution in [2.24, 2.45) is 0 Å². The maximum Gasteiger partial charge on any atom is 0.335 e. The Morgan fingerprint density at radius 3 is 2.62 bits per heavy atom. The zero-order chi connectivity index (χ0) is 20.4. The Kier molecular flexibility index (Phi) is 5.27. The van der Waals surface area contributed by atoms with Crippen molar-refractivity contribution in [3.05, 3.63) is 76.5 Å². The van der Waals surface area contributed by atoms with Crippen LogP contribution in [0.2, 0.25) is 0 Å². The molecule has 0 saturated heterocycles. The number of aromatic carboxylic acids is 1. The quantitative estimate of drug-likeness (QED) is 0.700. The van der Waals surface area contributed by atoms with Crippen LogP contribution in [0.1, 0.15) is 44.5 Å². The molecule has 6 heteroatoms. The number of carbonyl (C=O) groups excluding carboxylic acids is 1. The van der Waals surface area contributed by atoms with E-state index in [1.54, 1.807) is 24.3 Å². The molecule has 148 valence electrons. The third-order valence-electron chi connectivity index (χ3n) is 5.45. The van der Waals surface area contributed by atoms with Crippen molar-refractivity contribution < 1.29 is 14.7 Å². The Morgan fingerprint density at radius 2 is 1.90 bits per heavy atom. The largest absolute Gasteiger partial charge is 0.478 e. The van der Waals surface area contributed by atoms with Gasteiger partial charge in [-0.3, -0.25) is 14.7 Å². The number of benzene rings is 2. The summed E-state index contributed by atoms with van der Waals surface area (Å²) in [5.74, 6) is -1.09. The number of carbonyl (C=O) groups is 2. The van der Waals surface area contributed by atoms with Gasteiger partial charge in [-0.05, 0) is 30.3 Å². The van der Waals surface area contributed by atoms with Crippen LogP contribution in [-0.4, -0.2) is 40.0 Å². The van der Waals surface area contributed by atoms with Crippen LogP contribution in [0.15, 0.2) is 48.5 Å². The maximum absolute atomic E-state index is 13.2. The fourth-order valence-electron chi connectivity index (χ4n) is 3.81. The summed E-state index contributed by atoms with van der Waals surface area (Å²) in [4.78, 5) is 31.3. The third-order valence-corrected chi connectivity index (χ3v) is 5.45. The number of fused-ring (bicyclic) bond motifs is 2. The lowest BCUT2D eigenvalue weighted by molar-refractivity contribution is 0.0696. The SMILES string of the molecule is CCN1CCc2nc3ccccc3c(C(=O)NCc3ccc(C(=O)O)cc3)c2C1. The second-order valence-electron chi connectivity index (χ2n) is 7.23. The van der Waals surface area contributed by atoms with Crippen molar-refractivity contribution in [3.8, 4) is 0 Å². The highest BCUT2D eigenvalue weighted by Crippen LogP contribution is 2.28. The molecule has 2 N–H and O–H groups in total. The van der Waals surface area contributed by atoms with Crippen LogP contribution >= 0.6 is 0 Å². The van der Waals surface area contributed by atoms with Gasteiger partial charge in [0.05, 0.1) is 16.6 Å². The predicted molar refractivity (Wildman–Crippen MR) is 111 cm³/mol. The molecule has 29 heavy (non-hydrogen) atoms. The summed E-state index contributed by atoms with van der Waals surface area (Å²) in [6, 6.07) is 14.3. The number of hydrogen-bond donors (Lipinski definition) is 2. The van der Waals surface area contributed by atoms with Crippen LogP contribution in [-0.2, 0) is 19.5 Å². The van der Waals surface area contributed by atoms with E-state index < -0.39 is 5.97 Å². The zero-order valence-electron chi connectivity index (χ0n) is 16.3. The Hall–Kier alpha value is -3.25. The number of rotatable bonds is 5. The van der Waals surface area contributed by atoms with Crippen LogP contribution in [0, 0.1) is 0 Å². The van der Waals surface area contributed by atoms with Crippen LogP contribution in [0.25, 0.3) is 10.9 Å². The molecule has 1 aliphatic heterocycles. The van der Waals surface area contributed by atoms with Gasteiger partial charge in [-0.2, -0.15) is 0 Å². The fraction of sp³-hybridized carbons (Fsp3) is 0.261. The monoisotopic (exact) mass is 389 g/mol. The molecule has 0 aliphatic carbocycles. The normalized spacial score (nSPS) is 13.8. The highest BCUT2D eigenvalue weighted by molar-refractivity contribution is 6.07. The molecule has 0 spiro atoms. The number of nitrogens with one attached hydrogen (secondary N) is 1. The molecule has 0 radical (unpaired) electrons. The van der Waals surface area contributed by atoms with Gasteiger partial charge in [-0.1, -0.05) is 37.3 Å². The number of likely N-dealkylation sites (N-methyl/N-ethyl adjacent to an activating group) is 1. The van der Waals surface area contributed by atoms with E-state index in [2.05, 4.69) is 17.1 Å². The van der Waals surface area contributed by atoms with E-state index in [0.29, 0.717) is 12.1 Å². The molecule has 0 atom stereocenters. The number of carboxylic acid groups (broad SMARTS) is 1. The zero-order valence-corrected chi connectivity index (χ0v) is 16.3. The molecule has 1 aromatic heterocycles. The molecule has 2 aromatic carbocycles. The van der Waals surface area contributed by atoms with Crippen molar-refractivity contribution in [3.63, 3.8) is 0 Å². The van der Waals surface area contributed by atoms with Gasteiger partial charge in [0.15, 0.2) is 0 Å². The first-order valence-electron chi connectivity index (χ1n) is 9.80. The van der Waals surface area contributed by atoms with Gasteiger partial charge in [0, 0.05) is 42.7 Å². The summed E-state index contributed by atoms with van der Waals surface area (Å²) in [6.07, 6.45) is 0.838. The summed E-state index contributed by atoms with van der Waals surface area (Å²) >= 11 is 0. The molecule has 3 aromatic rings. The van der Waals surface area contributed by atoms with Crippen molar-refractivity contribution in [2.75, 3.05) is 13.1 Å². The van der Waals surface area contributed by atoms with E-state index in [1.807, 2.05) is 24.3 Å². The van der Waals surface area contributed by atoms with Gasteiger partial charge in [-0.15, -0.1) is 0 Å². The molecular formula is C23H23N3O3. The van der Waals surface area contributed by atoms with Crippen LogP contribution in [0.5, 0.6) is 0 Å². The fourth-order valence-corrected chi connectivity index (χ4v) is 3.81. The first-order chi connectivity index (χ1) is 14.1. The van der Waals surface area contributed by atoms with E-state index in [9.17, 15) is 9.59 Å². The number of carboxylic acids is 1. The maximum atomic E-state index is 13.2. The number of nitrogens with zero attached hydrogens (tertiary/aromatic N) is 2. The first-order valence-corrected chi connectivity index (χ1v) is 9.80. The van der Waals surface area contributed by atoms with Gasteiger partial charge < -0.3 is 10.4 Å². The van der Waals surface area contributed by atoms with Gasteiger partial charge in [0.2, 0.25) is 0 Å².